The molecule has 0 atom stereocenters. The number of benzene rings is 18. The highest BCUT2D eigenvalue weighted by molar-refractivity contribution is 6.29. The van der Waals surface area contributed by atoms with E-state index in [0.717, 1.165) is 84.0 Å². The van der Waals surface area contributed by atoms with Crippen molar-refractivity contribution in [3.8, 4) is 84.1 Å². The van der Waals surface area contributed by atoms with E-state index in [9.17, 15) is 0 Å². The highest BCUT2D eigenvalue weighted by atomic mass is 35.5. The number of fused-ring (bicyclic) bond motifs is 16. The number of hydrogen-bond donors (Lipinski definition) is 0. The Labute approximate surface area is 623 Å². The Bertz CT molecular complexity index is 7090. The fourth-order valence-corrected chi connectivity index (χ4v) is 16.3. The van der Waals surface area contributed by atoms with Crippen LogP contribution >= 0.6 is 11.6 Å². The zero-order chi connectivity index (χ0) is 70.9. The molecule has 18 aromatic carbocycles. The average Bonchev–Trinajstić information content (AvgIpc) is 1.58. The summed E-state index contributed by atoms with van der Waals surface area (Å²) in [5, 5.41) is 19.6. The Balaban J connectivity index is 0.000000118. The van der Waals surface area contributed by atoms with Gasteiger partial charge in [0.15, 0.2) is 0 Å². The molecule has 0 radical (unpaired) electrons. The Morgan fingerprint density at radius 1 is 0.234 bits per heavy atom. The molecule has 0 fully saturated rings. The lowest BCUT2D eigenvalue weighted by Gasteiger charge is -2.14. The topological polar surface area (TPSA) is 56.5 Å². The van der Waals surface area contributed by atoms with Gasteiger partial charge < -0.3 is 0 Å². The molecule has 0 bridgehead atoms. The summed E-state index contributed by atoms with van der Waals surface area (Å²) in [5.41, 5.74) is 22.9. The van der Waals surface area contributed by atoms with E-state index < -0.39 is 0 Å². The Morgan fingerprint density at radius 2 is 0.636 bits per heavy atom. The first-order valence-electron chi connectivity index (χ1n) is 36.4. The third-order valence-electron chi connectivity index (χ3n) is 21.4. The molecule has 0 saturated heterocycles. The van der Waals surface area contributed by atoms with Crippen LogP contribution in [0.4, 0.5) is 0 Å². The molecular weight excluding hydrogens is 1320 g/mol. The maximum Gasteiger partial charge on any atom is 0.235 e. The number of halogens is 1. The molecule has 22 rings (SSSR count). The van der Waals surface area contributed by atoms with Gasteiger partial charge in [0.1, 0.15) is 0 Å². The highest BCUT2D eigenvalue weighted by Crippen LogP contribution is 2.45. The third-order valence-corrected chi connectivity index (χ3v) is 21.6. The molecule has 0 unspecified atom stereocenters. The molecule has 5 nitrogen and oxygen atoms in total. The molecule has 3 heterocycles. The maximum absolute atomic E-state index is 6.36. The zero-order valence-electron chi connectivity index (χ0n) is 58.1. The van der Waals surface area contributed by atoms with Gasteiger partial charge in [0.05, 0.1) is 33.5 Å². The molecule has 0 spiro atoms. The van der Waals surface area contributed by atoms with Crippen molar-refractivity contribution in [1.82, 2.24) is 24.5 Å². The van der Waals surface area contributed by atoms with Crippen molar-refractivity contribution < 1.29 is 0 Å². The van der Waals surface area contributed by atoms with Gasteiger partial charge in [-0.1, -0.05) is 315 Å². The largest absolute Gasteiger partial charge is 0.278 e. The summed E-state index contributed by atoms with van der Waals surface area (Å²) in [6, 6.07) is 134. The van der Waals surface area contributed by atoms with Crippen molar-refractivity contribution in [3.63, 3.8) is 0 Å². The molecular formula is C101H64ClN5. The molecule has 500 valence electrons. The summed E-state index contributed by atoms with van der Waals surface area (Å²) in [6.07, 6.45) is 1.06. The second-order valence-corrected chi connectivity index (χ2v) is 28.1. The summed E-state index contributed by atoms with van der Waals surface area (Å²) in [5.74, 6) is 0.655. The lowest BCUT2D eigenvalue weighted by atomic mass is 9.96. The number of rotatable bonds is 7. The van der Waals surface area contributed by atoms with Crippen LogP contribution in [0.5, 0.6) is 0 Å². The second-order valence-electron chi connectivity index (χ2n) is 27.8. The lowest BCUT2D eigenvalue weighted by molar-refractivity contribution is 1.01. The third kappa shape index (κ3) is 11.6. The van der Waals surface area contributed by atoms with Crippen LogP contribution < -0.4 is 0 Å². The smallest absolute Gasteiger partial charge is 0.235 e. The van der Waals surface area contributed by atoms with E-state index in [2.05, 4.69) is 372 Å². The van der Waals surface area contributed by atoms with Crippen LogP contribution in [0.1, 0.15) is 11.1 Å². The van der Waals surface area contributed by atoms with E-state index >= 15 is 0 Å². The standard InChI is InChI=1S/C50H31N3.C30H19ClN2.C21H14/c1-2-10-32(11-3-1)34-18-20-35(21-19-34)40-24-26-43-45(30-40)51-50(52-49(43)41-23-22-33-12-4-5-14-37(33)28-41)53-46-27-25-36-13-8-9-17-42(36)48(46)44-29-38-15-6-7-16-39(38)31-47(44)53;31-30-32-28-19-25(23-12-10-22(11-13-23)20-6-2-1-3-7-20)16-17-27(28)29(33-30)26-15-14-21-8-4-5-9-24(21)18-26;1-2-7-16-13-20-18(11-15(16)6-1)12-17-10-9-14-5-3-4-8-19(14)21(17)20/h1-31H;1-19H;1-11,13H,12H2. The van der Waals surface area contributed by atoms with Crippen molar-refractivity contribution >= 4 is 120 Å². The predicted molar refractivity (Wildman–Crippen MR) is 451 cm³/mol. The first-order chi connectivity index (χ1) is 52.9. The fourth-order valence-electron chi connectivity index (χ4n) is 16.1. The van der Waals surface area contributed by atoms with Crippen molar-refractivity contribution in [2.24, 2.45) is 0 Å². The summed E-state index contributed by atoms with van der Waals surface area (Å²) in [6.45, 7) is 0. The van der Waals surface area contributed by atoms with Crippen LogP contribution in [0.3, 0.4) is 0 Å². The Kier molecular flexibility index (Phi) is 15.6. The average molecular weight is 1380 g/mol. The minimum atomic E-state index is 0.252. The van der Waals surface area contributed by atoms with Gasteiger partial charge >= 0.3 is 0 Å². The summed E-state index contributed by atoms with van der Waals surface area (Å²) < 4.78 is 2.27. The molecule has 1 aliphatic rings. The second kappa shape index (κ2) is 26.5. The molecule has 107 heavy (non-hydrogen) atoms. The summed E-state index contributed by atoms with van der Waals surface area (Å²) in [7, 11) is 0. The molecule has 6 heteroatoms. The lowest BCUT2D eigenvalue weighted by Crippen LogP contribution is -2.03. The monoisotopic (exact) mass is 1380 g/mol. The molecule has 21 aromatic rings. The van der Waals surface area contributed by atoms with Crippen LogP contribution in [-0.4, -0.2) is 24.5 Å². The first-order valence-corrected chi connectivity index (χ1v) is 36.7. The Morgan fingerprint density at radius 3 is 1.21 bits per heavy atom. The van der Waals surface area contributed by atoms with Crippen LogP contribution in [0.25, 0.3) is 192 Å². The number of aromatic nitrogens is 5. The van der Waals surface area contributed by atoms with Gasteiger partial charge in [-0.15, -0.1) is 0 Å². The van der Waals surface area contributed by atoms with E-state index in [1.165, 1.54) is 120 Å². The predicted octanol–water partition coefficient (Wildman–Crippen LogP) is 27.2. The first kappa shape index (κ1) is 63.0. The minimum absolute atomic E-state index is 0.252. The van der Waals surface area contributed by atoms with Crippen molar-refractivity contribution in [2.75, 3.05) is 0 Å². The van der Waals surface area contributed by atoms with E-state index in [1.54, 1.807) is 0 Å². The van der Waals surface area contributed by atoms with Gasteiger partial charge in [-0.05, 0) is 210 Å². The normalized spacial score (nSPS) is 11.7. The van der Waals surface area contributed by atoms with Crippen molar-refractivity contribution in [2.45, 2.75) is 6.42 Å². The van der Waals surface area contributed by atoms with Crippen molar-refractivity contribution in [3.05, 3.63) is 393 Å². The molecule has 0 aliphatic heterocycles. The quantitative estimate of drug-likeness (QED) is 0.149. The van der Waals surface area contributed by atoms with Crippen LogP contribution in [0.2, 0.25) is 5.28 Å². The Hall–Kier alpha value is -13.7. The van der Waals surface area contributed by atoms with E-state index in [0.29, 0.717) is 5.95 Å². The number of nitrogens with zero attached hydrogens (tertiary/aromatic N) is 5. The van der Waals surface area contributed by atoms with Crippen LogP contribution in [-0.2, 0) is 6.42 Å². The fraction of sp³-hybridized carbons (Fsp3) is 0.00990. The van der Waals surface area contributed by atoms with Gasteiger partial charge in [0, 0.05) is 32.7 Å². The molecule has 0 saturated carbocycles. The molecule has 0 amide bonds. The van der Waals surface area contributed by atoms with Gasteiger partial charge in [0.25, 0.3) is 0 Å². The van der Waals surface area contributed by atoms with Gasteiger partial charge in [0.2, 0.25) is 11.2 Å². The van der Waals surface area contributed by atoms with Gasteiger partial charge in [-0.3, -0.25) is 4.57 Å². The van der Waals surface area contributed by atoms with Gasteiger partial charge in [-0.2, -0.15) is 0 Å². The molecule has 1 aliphatic carbocycles. The number of hydrogen-bond acceptors (Lipinski definition) is 4. The van der Waals surface area contributed by atoms with E-state index in [-0.39, 0.29) is 5.28 Å². The van der Waals surface area contributed by atoms with Crippen LogP contribution in [0.15, 0.2) is 376 Å². The SMILES string of the molecule is Clc1nc(-c2ccc3ccccc3c2)c2ccc(-c3ccc(-c4ccccc4)cc3)cc2n1.c1ccc(-c2ccc(-c3ccc4c(-c5ccc6ccccc6c5)nc(-n5c6cc7ccccc7cc6c6c7ccccc7ccc65)nc4c3)cc2)cc1.c1ccc2cc3c(cc2c1)Cc1ccc2ccccc2c1-3. The highest BCUT2D eigenvalue weighted by Gasteiger charge is 2.24. The van der Waals surface area contributed by atoms with Crippen LogP contribution in [0, 0.1) is 0 Å². The summed E-state index contributed by atoms with van der Waals surface area (Å²) in [4.78, 5) is 20.0. The van der Waals surface area contributed by atoms with E-state index in [4.69, 9.17) is 21.6 Å². The minimum Gasteiger partial charge on any atom is -0.278 e. The molecule has 3 aromatic heterocycles. The summed E-state index contributed by atoms with van der Waals surface area (Å²) >= 11 is 6.36. The maximum atomic E-state index is 6.36. The molecule has 0 N–H and O–H groups in total. The van der Waals surface area contributed by atoms with Gasteiger partial charge in [-0.25, -0.2) is 19.9 Å². The van der Waals surface area contributed by atoms with Crippen molar-refractivity contribution in [1.29, 1.82) is 0 Å². The van der Waals surface area contributed by atoms with E-state index in [1.807, 2.05) is 18.2 Å². The zero-order valence-corrected chi connectivity index (χ0v) is 58.9.